The highest BCUT2D eigenvalue weighted by molar-refractivity contribution is 5.82. The fourth-order valence-corrected chi connectivity index (χ4v) is 2.89. The van der Waals surface area contributed by atoms with Gasteiger partial charge in [0.15, 0.2) is 0 Å². The quantitative estimate of drug-likeness (QED) is 0.643. The smallest absolute Gasteiger partial charge is 0.284 e. The second kappa shape index (κ2) is 7.40. The number of benzene rings is 1. The van der Waals surface area contributed by atoms with E-state index in [1.54, 1.807) is 31.2 Å². The van der Waals surface area contributed by atoms with Gasteiger partial charge in [-0.15, -0.1) is 0 Å². The van der Waals surface area contributed by atoms with Crippen LogP contribution in [0.25, 0.3) is 10.9 Å². The van der Waals surface area contributed by atoms with Gasteiger partial charge in [-0.25, -0.2) is 14.8 Å². The van der Waals surface area contributed by atoms with E-state index in [2.05, 4.69) is 20.8 Å². The van der Waals surface area contributed by atoms with E-state index in [0.717, 1.165) is 16.0 Å². The summed E-state index contributed by atoms with van der Waals surface area (Å²) in [4.78, 5) is 45.7. The number of nitrogens with one attached hydrogen (secondary N) is 2. The second-order valence-electron chi connectivity index (χ2n) is 6.08. The van der Waals surface area contributed by atoms with Gasteiger partial charge >= 0.3 is 5.69 Å². The average Bonchev–Trinajstić information content (AvgIpc) is 2.63. The van der Waals surface area contributed by atoms with Gasteiger partial charge in [-0.05, 0) is 39.0 Å². The van der Waals surface area contributed by atoms with Crippen LogP contribution in [-0.2, 0) is 17.9 Å². The molecule has 0 bridgehead atoms. The molecule has 1 amide bonds. The predicted octanol–water partition coefficient (Wildman–Crippen LogP) is 0.733. The number of para-hydroxylation sites is 1. The first-order chi connectivity index (χ1) is 12.9. The molecular weight excluding hydrogens is 348 g/mol. The fraction of sp³-hybridized carbons (Fsp3) is 0.278. The monoisotopic (exact) mass is 368 g/mol. The van der Waals surface area contributed by atoms with Gasteiger partial charge in [-0.1, -0.05) is 12.1 Å². The zero-order valence-corrected chi connectivity index (χ0v) is 15.3. The van der Waals surface area contributed by atoms with E-state index in [1.807, 2.05) is 19.9 Å². The highest BCUT2D eigenvalue weighted by atomic mass is 16.2. The lowest BCUT2D eigenvalue weighted by atomic mass is 10.2. The van der Waals surface area contributed by atoms with Crippen molar-refractivity contribution < 1.29 is 4.79 Å². The number of rotatable bonds is 5. The first kappa shape index (κ1) is 18.3. The Balaban J connectivity index is 1.89. The minimum absolute atomic E-state index is 0.221. The minimum atomic E-state index is -0.529. The summed E-state index contributed by atoms with van der Waals surface area (Å²) in [5.41, 5.74) is 6.17. The molecule has 0 fully saturated rings. The molecule has 3 rings (SSSR count). The summed E-state index contributed by atoms with van der Waals surface area (Å²) in [6, 6.07) is 8.53. The molecule has 27 heavy (non-hydrogen) atoms. The molecule has 0 atom stereocenters. The van der Waals surface area contributed by atoms with Crippen molar-refractivity contribution in [1.82, 2.24) is 24.5 Å². The number of aryl methyl sites for hydroxylation is 2. The maximum absolute atomic E-state index is 12.6. The number of hydrogen-bond acceptors (Lipinski definition) is 6. The average molecular weight is 368 g/mol. The Bertz CT molecular complexity index is 1110. The first-order valence-electron chi connectivity index (χ1n) is 8.50. The summed E-state index contributed by atoms with van der Waals surface area (Å²) >= 11 is 0. The third-order valence-corrected chi connectivity index (χ3v) is 4.05. The van der Waals surface area contributed by atoms with E-state index in [9.17, 15) is 14.4 Å². The van der Waals surface area contributed by atoms with Gasteiger partial charge in [-0.2, -0.15) is 0 Å². The van der Waals surface area contributed by atoms with Crippen LogP contribution in [0.2, 0.25) is 0 Å². The van der Waals surface area contributed by atoms with Crippen LogP contribution < -0.4 is 22.1 Å². The number of carbonyl (C=O) groups excluding carboxylic acids is 1. The number of fused-ring (bicyclic) bond motifs is 1. The number of nitrogens with zero attached hydrogens (tertiary/aromatic N) is 4. The van der Waals surface area contributed by atoms with E-state index >= 15 is 0 Å². The normalized spacial score (nSPS) is 10.8. The molecule has 0 saturated carbocycles. The summed E-state index contributed by atoms with van der Waals surface area (Å²) in [6.45, 7) is 5.32. The third-order valence-electron chi connectivity index (χ3n) is 4.05. The number of aromatic nitrogens is 4. The van der Waals surface area contributed by atoms with Crippen LogP contribution in [0.5, 0.6) is 0 Å². The maximum Gasteiger partial charge on any atom is 0.331 e. The van der Waals surface area contributed by atoms with Crippen LogP contribution in [0.4, 0.5) is 5.95 Å². The summed E-state index contributed by atoms with van der Waals surface area (Å²) in [6.07, 6.45) is 0. The van der Waals surface area contributed by atoms with Gasteiger partial charge in [0.1, 0.15) is 6.54 Å². The van der Waals surface area contributed by atoms with Gasteiger partial charge in [0, 0.05) is 17.9 Å². The molecular formula is C18H20N6O3. The Labute approximate surface area is 154 Å². The van der Waals surface area contributed by atoms with Gasteiger partial charge in [0.05, 0.1) is 10.9 Å². The zero-order chi connectivity index (χ0) is 19.6. The number of hydrazine groups is 1. The van der Waals surface area contributed by atoms with E-state index in [1.165, 1.54) is 4.57 Å². The number of anilines is 1. The lowest BCUT2D eigenvalue weighted by molar-refractivity contribution is -0.121. The maximum atomic E-state index is 12.6. The molecule has 2 aromatic heterocycles. The Morgan fingerprint density at radius 2 is 1.74 bits per heavy atom. The Hall–Kier alpha value is -3.49. The van der Waals surface area contributed by atoms with Crippen LogP contribution >= 0.6 is 0 Å². The first-order valence-corrected chi connectivity index (χ1v) is 8.50. The summed E-state index contributed by atoms with van der Waals surface area (Å²) in [5.74, 6) is -0.206. The van der Waals surface area contributed by atoms with Crippen molar-refractivity contribution in [1.29, 1.82) is 0 Å². The van der Waals surface area contributed by atoms with Crippen LogP contribution in [0.15, 0.2) is 39.9 Å². The van der Waals surface area contributed by atoms with Crippen LogP contribution in [0, 0.1) is 13.8 Å². The Morgan fingerprint density at radius 3 is 2.41 bits per heavy atom. The highest BCUT2D eigenvalue weighted by Gasteiger charge is 2.14. The Morgan fingerprint density at radius 1 is 1.07 bits per heavy atom. The van der Waals surface area contributed by atoms with Crippen molar-refractivity contribution >= 4 is 22.8 Å². The third kappa shape index (κ3) is 3.71. The predicted molar refractivity (Wildman–Crippen MR) is 101 cm³/mol. The lowest BCUT2D eigenvalue weighted by Crippen LogP contribution is -2.43. The lowest BCUT2D eigenvalue weighted by Gasteiger charge is -2.13. The summed E-state index contributed by atoms with van der Waals surface area (Å²) in [7, 11) is 0. The molecule has 9 heteroatoms. The minimum Gasteiger partial charge on any atom is -0.284 e. The van der Waals surface area contributed by atoms with Crippen molar-refractivity contribution in [3.05, 3.63) is 62.6 Å². The van der Waals surface area contributed by atoms with Gasteiger partial charge < -0.3 is 0 Å². The molecule has 140 valence electrons. The molecule has 2 N–H and O–H groups in total. The van der Waals surface area contributed by atoms with E-state index in [4.69, 9.17) is 0 Å². The van der Waals surface area contributed by atoms with Gasteiger partial charge in [0.2, 0.25) is 5.95 Å². The number of carbonyl (C=O) groups is 1. The second-order valence-corrected chi connectivity index (χ2v) is 6.08. The van der Waals surface area contributed by atoms with Crippen molar-refractivity contribution in [2.45, 2.75) is 33.9 Å². The van der Waals surface area contributed by atoms with Crippen molar-refractivity contribution in [3.63, 3.8) is 0 Å². The van der Waals surface area contributed by atoms with Crippen molar-refractivity contribution in [2.75, 3.05) is 5.43 Å². The zero-order valence-electron chi connectivity index (χ0n) is 15.3. The standard InChI is InChI=1S/C18H20N6O3/c1-4-23-16(26)13-7-5-6-8-14(13)24(18(23)27)10-15(25)21-22-17-19-11(2)9-12(3)20-17/h5-9H,4,10H2,1-3H3,(H,21,25)(H,19,20,22). The largest absolute Gasteiger partial charge is 0.331 e. The van der Waals surface area contributed by atoms with E-state index < -0.39 is 11.6 Å². The highest BCUT2D eigenvalue weighted by Crippen LogP contribution is 2.07. The van der Waals surface area contributed by atoms with Crippen molar-refractivity contribution in [2.24, 2.45) is 0 Å². The molecule has 0 aliphatic rings. The Kier molecular flexibility index (Phi) is 5.02. The number of hydrogen-bond donors (Lipinski definition) is 2. The molecule has 1 aromatic carbocycles. The topological polar surface area (TPSA) is 111 Å². The van der Waals surface area contributed by atoms with Crippen LogP contribution in [0.3, 0.4) is 0 Å². The molecule has 0 unspecified atom stereocenters. The summed E-state index contributed by atoms with van der Waals surface area (Å²) in [5, 5.41) is 0.386. The molecule has 9 nitrogen and oxygen atoms in total. The summed E-state index contributed by atoms with van der Waals surface area (Å²) < 4.78 is 2.38. The molecule has 0 spiro atoms. The molecule has 0 saturated heterocycles. The molecule has 0 aliphatic heterocycles. The van der Waals surface area contributed by atoms with Gasteiger partial charge in [0.25, 0.3) is 11.5 Å². The SMILES string of the molecule is CCn1c(=O)c2ccccc2n(CC(=O)NNc2nc(C)cc(C)n2)c1=O. The molecule has 0 radical (unpaired) electrons. The fourth-order valence-electron chi connectivity index (χ4n) is 2.89. The van der Waals surface area contributed by atoms with E-state index in [0.29, 0.717) is 10.9 Å². The van der Waals surface area contributed by atoms with Crippen LogP contribution in [0.1, 0.15) is 18.3 Å². The van der Waals surface area contributed by atoms with Gasteiger partial charge in [-0.3, -0.25) is 29.6 Å². The van der Waals surface area contributed by atoms with E-state index in [-0.39, 0.29) is 24.6 Å². The molecule has 3 aromatic rings. The van der Waals surface area contributed by atoms with Crippen molar-refractivity contribution in [3.8, 4) is 0 Å². The number of amides is 1. The molecule has 2 heterocycles. The van der Waals surface area contributed by atoms with Crippen LogP contribution in [-0.4, -0.2) is 25.0 Å². The molecule has 0 aliphatic carbocycles.